The molecule has 1 aromatic rings. The van der Waals surface area contributed by atoms with Crippen LogP contribution in [0.25, 0.3) is 5.57 Å². The minimum atomic E-state index is -4.02. The van der Waals surface area contributed by atoms with Crippen LogP contribution in [-0.4, -0.2) is 21.3 Å². The summed E-state index contributed by atoms with van der Waals surface area (Å²) in [5, 5.41) is 0. The highest BCUT2D eigenvalue weighted by atomic mass is 32.3. The minimum absolute atomic E-state index is 0.0516. The zero-order valence-electron chi connectivity index (χ0n) is 9.67. The Morgan fingerprint density at radius 2 is 1.94 bits per heavy atom. The van der Waals surface area contributed by atoms with Gasteiger partial charge >= 0.3 is 10.4 Å². The molecule has 0 saturated heterocycles. The van der Waals surface area contributed by atoms with Gasteiger partial charge in [0.05, 0.1) is 18.9 Å². The number of ether oxygens (including phenoxy) is 1. The van der Waals surface area contributed by atoms with Crippen molar-refractivity contribution >= 4 is 21.8 Å². The summed E-state index contributed by atoms with van der Waals surface area (Å²) in [5.41, 5.74) is 0.803. The standard InChI is InChI=1S/C11H10O6S/c1-7(12)9(6-15-2)8-3-4-10-11(5-8)17-18(13,14)16-10/h3-6H,1-2H3/b9-6+. The molecular weight excluding hydrogens is 260 g/mol. The number of rotatable bonds is 3. The van der Waals surface area contributed by atoms with Crippen LogP contribution in [0.1, 0.15) is 12.5 Å². The van der Waals surface area contributed by atoms with E-state index >= 15 is 0 Å². The van der Waals surface area contributed by atoms with E-state index in [0.717, 1.165) is 0 Å². The van der Waals surface area contributed by atoms with Gasteiger partial charge in [-0.1, -0.05) is 6.07 Å². The maximum atomic E-state index is 11.4. The molecule has 0 fully saturated rings. The topological polar surface area (TPSA) is 78.9 Å². The van der Waals surface area contributed by atoms with E-state index in [1.807, 2.05) is 0 Å². The van der Waals surface area contributed by atoms with Crippen LogP contribution in [0.3, 0.4) is 0 Å². The van der Waals surface area contributed by atoms with Crippen molar-refractivity contribution in [1.82, 2.24) is 0 Å². The predicted octanol–water partition coefficient (Wildman–Crippen LogP) is 1.28. The van der Waals surface area contributed by atoms with Crippen molar-refractivity contribution in [3.05, 3.63) is 30.0 Å². The van der Waals surface area contributed by atoms with Crippen LogP contribution in [0.4, 0.5) is 0 Å². The number of allylic oxidation sites excluding steroid dienone is 1. The SMILES string of the molecule is CO/C=C(\C(C)=O)c1ccc2c(c1)OS(=O)(=O)O2. The summed E-state index contributed by atoms with van der Waals surface area (Å²) in [7, 11) is -2.60. The fourth-order valence-corrected chi connectivity index (χ4v) is 2.26. The van der Waals surface area contributed by atoms with Crippen molar-refractivity contribution in [1.29, 1.82) is 0 Å². The lowest BCUT2D eigenvalue weighted by molar-refractivity contribution is -0.111. The van der Waals surface area contributed by atoms with Gasteiger partial charge in [0.2, 0.25) is 0 Å². The fraction of sp³-hybridized carbons (Fsp3) is 0.182. The van der Waals surface area contributed by atoms with Gasteiger partial charge < -0.3 is 13.1 Å². The summed E-state index contributed by atoms with van der Waals surface area (Å²) < 4.78 is 36.1. The Balaban J connectivity index is 2.45. The monoisotopic (exact) mass is 270 g/mol. The van der Waals surface area contributed by atoms with Crippen LogP contribution in [0.5, 0.6) is 11.5 Å². The van der Waals surface area contributed by atoms with Crippen LogP contribution in [0.2, 0.25) is 0 Å². The van der Waals surface area contributed by atoms with Crippen molar-refractivity contribution in [3.8, 4) is 11.5 Å². The van der Waals surface area contributed by atoms with Gasteiger partial charge in [-0.15, -0.1) is 8.42 Å². The van der Waals surface area contributed by atoms with Crippen molar-refractivity contribution < 1.29 is 26.3 Å². The average molecular weight is 270 g/mol. The van der Waals surface area contributed by atoms with Gasteiger partial charge in [-0.2, -0.15) is 0 Å². The number of carbonyl (C=O) groups is 1. The van der Waals surface area contributed by atoms with Crippen LogP contribution >= 0.6 is 0 Å². The number of hydrogen-bond donors (Lipinski definition) is 0. The van der Waals surface area contributed by atoms with Crippen LogP contribution in [0, 0.1) is 0 Å². The molecule has 0 atom stereocenters. The third-order valence-corrected chi connectivity index (χ3v) is 3.02. The van der Waals surface area contributed by atoms with E-state index < -0.39 is 10.4 Å². The minimum Gasteiger partial charge on any atom is -0.504 e. The van der Waals surface area contributed by atoms with E-state index in [1.165, 1.54) is 32.4 Å². The summed E-state index contributed by atoms with van der Waals surface area (Å²) in [6.07, 6.45) is 1.29. The first-order valence-corrected chi connectivity index (χ1v) is 6.28. The number of hydrogen-bond acceptors (Lipinski definition) is 6. The summed E-state index contributed by atoms with van der Waals surface area (Å²) in [6, 6.07) is 4.38. The zero-order valence-corrected chi connectivity index (χ0v) is 10.5. The van der Waals surface area contributed by atoms with E-state index in [-0.39, 0.29) is 17.3 Å². The average Bonchev–Trinajstić information content (AvgIpc) is 2.58. The number of methoxy groups -OCH3 is 1. The Morgan fingerprint density at radius 1 is 1.28 bits per heavy atom. The van der Waals surface area contributed by atoms with Gasteiger partial charge in [0, 0.05) is 0 Å². The molecule has 0 radical (unpaired) electrons. The second-order valence-corrected chi connectivity index (χ2v) is 4.71. The summed E-state index contributed by atoms with van der Waals surface area (Å²) in [4.78, 5) is 11.4. The second kappa shape index (κ2) is 4.34. The van der Waals surface area contributed by atoms with E-state index in [4.69, 9.17) is 4.74 Å². The van der Waals surface area contributed by atoms with Crippen molar-refractivity contribution in [2.45, 2.75) is 6.92 Å². The Hall–Kier alpha value is -2.02. The molecule has 6 nitrogen and oxygen atoms in total. The van der Waals surface area contributed by atoms with Gasteiger partial charge in [0.1, 0.15) is 0 Å². The third kappa shape index (κ3) is 2.30. The lowest BCUT2D eigenvalue weighted by Crippen LogP contribution is -2.07. The van der Waals surface area contributed by atoms with Crippen LogP contribution in [-0.2, 0) is 19.9 Å². The van der Waals surface area contributed by atoms with Crippen molar-refractivity contribution in [2.24, 2.45) is 0 Å². The molecule has 0 spiro atoms. The molecule has 1 aliphatic rings. The molecule has 0 N–H and O–H groups in total. The molecule has 0 unspecified atom stereocenters. The maximum Gasteiger partial charge on any atom is 0.501 e. The highest BCUT2D eigenvalue weighted by Crippen LogP contribution is 2.37. The molecule has 96 valence electrons. The smallest absolute Gasteiger partial charge is 0.501 e. The molecule has 0 aromatic heterocycles. The molecule has 1 aromatic carbocycles. The van der Waals surface area contributed by atoms with E-state index in [0.29, 0.717) is 11.1 Å². The first-order chi connectivity index (χ1) is 8.43. The van der Waals surface area contributed by atoms with E-state index in [1.54, 1.807) is 6.07 Å². The van der Waals surface area contributed by atoms with Gasteiger partial charge in [-0.25, -0.2) is 0 Å². The molecule has 1 aliphatic heterocycles. The van der Waals surface area contributed by atoms with E-state index in [2.05, 4.69) is 8.37 Å². The quantitative estimate of drug-likeness (QED) is 0.608. The largest absolute Gasteiger partial charge is 0.504 e. The molecule has 0 saturated carbocycles. The number of fused-ring (bicyclic) bond motifs is 1. The summed E-state index contributed by atoms with van der Waals surface area (Å²) in [5.74, 6) is -0.0617. The van der Waals surface area contributed by atoms with E-state index in [9.17, 15) is 13.2 Å². The highest BCUT2D eigenvalue weighted by Gasteiger charge is 2.29. The lowest BCUT2D eigenvalue weighted by atomic mass is 10.0. The van der Waals surface area contributed by atoms with Crippen molar-refractivity contribution in [2.75, 3.05) is 7.11 Å². The van der Waals surface area contributed by atoms with Crippen LogP contribution < -0.4 is 8.37 Å². The Morgan fingerprint density at radius 3 is 2.56 bits per heavy atom. The molecule has 1 heterocycles. The van der Waals surface area contributed by atoms with Crippen molar-refractivity contribution in [3.63, 3.8) is 0 Å². The predicted molar refractivity (Wildman–Crippen MR) is 62.3 cm³/mol. The van der Waals surface area contributed by atoms with Crippen LogP contribution in [0.15, 0.2) is 24.5 Å². The Labute approximate surface area is 104 Å². The van der Waals surface area contributed by atoms with Gasteiger partial charge in [-0.3, -0.25) is 4.79 Å². The van der Waals surface area contributed by atoms with Gasteiger partial charge in [0.25, 0.3) is 0 Å². The number of benzene rings is 1. The first-order valence-electron chi connectivity index (χ1n) is 4.95. The lowest BCUT2D eigenvalue weighted by Gasteiger charge is -2.04. The summed E-state index contributed by atoms with van der Waals surface area (Å²) in [6.45, 7) is 1.38. The highest BCUT2D eigenvalue weighted by molar-refractivity contribution is 7.82. The molecule has 18 heavy (non-hydrogen) atoms. The normalized spacial score (nSPS) is 16.4. The maximum absolute atomic E-state index is 11.4. The molecule has 7 heteroatoms. The first kappa shape index (κ1) is 12.4. The Bertz CT molecular complexity index is 629. The molecule has 0 bridgehead atoms. The summed E-state index contributed by atoms with van der Waals surface area (Å²) >= 11 is 0. The van der Waals surface area contributed by atoms with Gasteiger partial charge in [-0.05, 0) is 24.6 Å². The number of ketones is 1. The molecule has 2 rings (SSSR count). The third-order valence-electron chi connectivity index (χ3n) is 2.25. The Kier molecular flexibility index (Phi) is 3.00. The fourth-order valence-electron chi connectivity index (χ4n) is 1.52. The molecular formula is C11H10O6S. The molecule has 0 aliphatic carbocycles. The number of carbonyl (C=O) groups excluding carboxylic acids is 1. The molecule has 0 amide bonds. The zero-order chi connectivity index (χ0) is 13.3. The van der Waals surface area contributed by atoms with Gasteiger partial charge in [0.15, 0.2) is 17.3 Å². The second-order valence-electron chi connectivity index (χ2n) is 3.56. The number of Topliss-reactive ketones (excluding diaryl/α,β-unsaturated/α-hetero) is 1.